The molecular weight excluding hydrogens is 238 g/mol. The highest BCUT2D eigenvalue weighted by Crippen LogP contribution is 2.08. The maximum Gasteiger partial charge on any atom is 0.349 e. The molecule has 0 atom stereocenters. The van der Waals surface area contributed by atoms with Gasteiger partial charge >= 0.3 is 5.69 Å². The molecule has 98 valence electrons. The van der Waals surface area contributed by atoms with Crippen LogP contribution in [0.15, 0.2) is 10.9 Å². The van der Waals surface area contributed by atoms with Crippen LogP contribution in [0.4, 0.5) is 5.82 Å². The van der Waals surface area contributed by atoms with E-state index in [1.165, 1.54) is 4.40 Å². The summed E-state index contributed by atoms with van der Waals surface area (Å²) in [6, 6.07) is 1.67. The van der Waals surface area contributed by atoms with Gasteiger partial charge in [-0.15, -0.1) is 0 Å². The predicted molar refractivity (Wildman–Crippen MR) is 64.6 cm³/mol. The molecule has 8 heteroatoms. The molecular formula is C10H15N5O3. The first-order chi connectivity index (χ1) is 8.65. The van der Waals surface area contributed by atoms with Gasteiger partial charge in [0.05, 0.1) is 6.54 Å². The molecule has 0 unspecified atom stereocenters. The van der Waals surface area contributed by atoms with Gasteiger partial charge in [-0.25, -0.2) is 19.3 Å². The van der Waals surface area contributed by atoms with Crippen LogP contribution in [0.3, 0.4) is 0 Å². The third-order valence-electron chi connectivity index (χ3n) is 2.55. The van der Waals surface area contributed by atoms with E-state index in [1.54, 1.807) is 27.2 Å². The first-order valence-electron chi connectivity index (χ1n) is 5.40. The minimum absolute atomic E-state index is 0.298. The van der Waals surface area contributed by atoms with Crippen LogP contribution in [0.5, 0.6) is 0 Å². The number of fused-ring (bicyclic) bond motifs is 1. The fraction of sp³-hybridized carbons (Fsp3) is 0.500. The molecule has 0 spiro atoms. The molecule has 0 fully saturated rings. The lowest BCUT2D eigenvalue weighted by Crippen LogP contribution is -2.24. The van der Waals surface area contributed by atoms with Crippen LogP contribution >= 0.6 is 0 Å². The standard InChI is InChI=1S/C10H15N5O3/c1-6-12-7(11-5-9(17-2)18-3)4-8-13-14-10(16)15(6)8/h4,9,11H,5H2,1-3H3,(H,14,16). The van der Waals surface area contributed by atoms with Crippen molar-refractivity contribution in [1.29, 1.82) is 0 Å². The highest BCUT2D eigenvalue weighted by atomic mass is 16.7. The third kappa shape index (κ3) is 2.34. The number of anilines is 1. The van der Waals surface area contributed by atoms with Gasteiger partial charge in [0.15, 0.2) is 11.9 Å². The maximum atomic E-state index is 11.4. The smallest absolute Gasteiger partial charge is 0.349 e. The van der Waals surface area contributed by atoms with E-state index in [0.717, 1.165) is 0 Å². The molecule has 0 amide bonds. The first-order valence-corrected chi connectivity index (χ1v) is 5.40. The summed E-state index contributed by atoms with van der Waals surface area (Å²) in [6.45, 7) is 2.18. The van der Waals surface area contributed by atoms with Crippen molar-refractivity contribution in [1.82, 2.24) is 19.6 Å². The number of hydrogen-bond acceptors (Lipinski definition) is 6. The van der Waals surface area contributed by atoms with Crippen LogP contribution in [0.1, 0.15) is 5.82 Å². The van der Waals surface area contributed by atoms with Crippen LogP contribution in [-0.2, 0) is 9.47 Å². The number of rotatable bonds is 5. The average molecular weight is 253 g/mol. The van der Waals surface area contributed by atoms with E-state index in [9.17, 15) is 4.79 Å². The molecule has 2 aromatic heterocycles. The van der Waals surface area contributed by atoms with Gasteiger partial charge in [-0.2, -0.15) is 5.10 Å². The lowest BCUT2D eigenvalue weighted by molar-refractivity contribution is -0.0914. The van der Waals surface area contributed by atoms with E-state index >= 15 is 0 Å². The number of aromatic amines is 1. The quantitative estimate of drug-likeness (QED) is 0.714. The van der Waals surface area contributed by atoms with Crippen molar-refractivity contribution in [2.45, 2.75) is 13.2 Å². The van der Waals surface area contributed by atoms with Crippen molar-refractivity contribution < 1.29 is 9.47 Å². The zero-order valence-corrected chi connectivity index (χ0v) is 10.4. The van der Waals surface area contributed by atoms with E-state index in [0.29, 0.717) is 23.8 Å². The maximum absolute atomic E-state index is 11.4. The summed E-state index contributed by atoms with van der Waals surface area (Å²) in [6.07, 6.45) is -0.357. The fourth-order valence-corrected chi connectivity index (χ4v) is 1.64. The summed E-state index contributed by atoms with van der Waals surface area (Å²) >= 11 is 0. The average Bonchev–Trinajstić information content (AvgIpc) is 2.73. The summed E-state index contributed by atoms with van der Waals surface area (Å²) < 4.78 is 11.5. The molecule has 2 heterocycles. The Morgan fingerprint density at radius 3 is 2.89 bits per heavy atom. The Bertz CT molecular complexity index is 587. The van der Waals surface area contributed by atoms with Gasteiger partial charge in [-0.1, -0.05) is 0 Å². The number of nitrogens with one attached hydrogen (secondary N) is 2. The Hall–Kier alpha value is -1.93. The molecule has 0 aromatic carbocycles. The third-order valence-corrected chi connectivity index (χ3v) is 2.55. The Morgan fingerprint density at radius 1 is 1.50 bits per heavy atom. The lowest BCUT2D eigenvalue weighted by Gasteiger charge is -2.14. The minimum Gasteiger partial charge on any atom is -0.365 e. The SMILES string of the molecule is COC(CNc1cc2n[nH]c(=O)n2c(C)n1)OC. The van der Waals surface area contributed by atoms with Crippen molar-refractivity contribution in [3.63, 3.8) is 0 Å². The summed E-state index contributed by atoms with van der Waals surface area (Å²) in [4.78, 5) is 15.7. The van der Waals surface area contributed by atoms with Crippen LogP contribution < -0.4 is 11.0 Å². The molecule has 0 saturated carbocycles. The van der Waals surface area contributed by atoms with Crippen molar-refractivity contribution in [3.05, 3.63) is 22.4 Å². The van der Waals surface area contributed by atoms with E-state index in [1.807, 2.05) is 0 Å². The zero-order valence-electron chi connectivity index (χ0n) is 10.4. The van der Waals surface area contributed by atoms with Crippen molar-refractivity contribution in [2.75, 3.05) is 26.1 Å². The number of nitrogens with zero attached hydrogens (tertiary/aromatic N) is 3. The molecule has 8 nitrogen and oxygen atoms in total. The number of H-pyrrole nitrogens is 1. The van der Waals surface area contributed by atoms with Crippen molar-refractivity contribution >= 4 is 11.5 Å². The number of hydrogen-bond donors (Lipinski definition) is 2. The second-order valence-electron chi connectivity index (χ2n) is 3.69. The molecule has 0 aliphatic rings. The number of aromatic nitrogens is 4. The van der Waals surface area contributed by atoms with Crippen LogP contribution in [0.25, 0.3) is 5.65 Å². The summed E-state index contributed by atoms with van der Waals surface area (Å²) in [5, 5.41) is 9.32. The summed E-state index contributed by atoms with van der Waals surface area (Å²) in [5.74, 6) is 1.17. The van der Waals surface area contributed by atoms with Crippen molar-refractivity contribution in [3.8, 4) is 0 Å². The molecule has 0 bridgehead atoms. The van der Waals surface area contributed by atoms with E-state index in [-0.39, 0.29) is 12.0 Å². The van der Waals surface area contributed by atoms with Gasteiger partial charge in [-0.05, 0) is 6.92 Å². The zero-order chi connectivity index (χ0) is 13.1. The molecule has 0 aliphatic carbocycles. The lowest BCUT2D eigenvalue weighted by atomic mass is 10.5. The molecule has 18 heavy (non-hydrogen) atoms. The van der Waals surface area contributed by atoms with Crippen LogP contribution in [-0.4, -0.2) is 46.6 Å². The highest BCUT2D eigenvalue weighted by molar-refractivity contribution is 5.49. The normalized spacial score (nSPS) is 11.3. The fourth-order valence-electron chi connectivity index (χ4n) is 1.64. The van der Waals surface area contributed by atoms with Gasteiger partial charge in [0.1, 0.15) is 11.6 Å². The molecule has 2 rings (SSSR count). The largest absolute Gasteiger partial charge is 0.365 e. The molecule has 2 N–H and O–H groups in total. The molecule has 2 aromatic rings. The van der Waals surface area contributed by atoms with Gasteiger partial charge in [0.25, 0.3) is 0 Å². The Labute approximate surface area is 103 Å². The second kappa shape index (κ2) is 5.15. The first kappa shape index (κ1) is 12.5. The van der Waals surface area contributed by atoms with Gasteiger partial charge in [0, 0.05) is 20.3 Å². The highest BCUT2D eigenvalue weighted by Gasteiger charge is 2.09. The monoisotopic (exact) mass is 253 g/mol. The van der Waals surface area contributed by atoms with Crippen LogP contribution in [0, 0.1) is 6.92 Å². The predicted octanol–water partition coefficient (Wildman–Crippen LogP) is -0.243. The number of ether oxygens (including phenoxy) is 2. The topological polar surface area (TPSA) is 93.5 Å². The van der Waals surface area contributed by atoms with Gasteiger partial charge < -0.3 is 14.8 Å². The second-order valence-corrected chi connectivity index (χ2v) is 3.69. The molecule has 0 radical (unpaired) electrons. The summed E-state index contributed by atoms with van der Waals surface area (Å²) in [7, 11) is 3.12. The van der Waals surface area contributed by atoms with E-state index in [4.69, 9.17) is 9.47 Å². The number of aryl methyl sites for hydroxylation is 1. The Kier molecular flexibility index (Phi) is 3.58. The van der Waals surface area contributed by atoms with Crippen molar-refractivity contribution in [2.24, 2.45) is 0 Å². The minimum atomic E-state index is -0.357. The van der Waals surface area contributed by atoms with E-state index < -0.39 is 0 Å². The van der Waals surface area contributed by atoms with E-state index in [2.05, 4.69) is 20.5 Å². The Morgan fingerprint density at radius 2 is 2.22 bits per heavy atom. The van der Waals surface area contributed by atoms with Crippen LogP contribution in [0.2, 0.25) is 0 Å². The molecule has 0 aliphatic heterocycles. The molecule has 0 saturated heterocycles. The number of methoxy groups -OCH3 is 2. The Balaban J connectivity index is 2.22. The van der Waals surface area contributed by atoms with Gasteiger partial charge in [0.2, 0.25) is 0 Å². The summed E-state index contributed by atoms with van der Waals surface area (Å²) in [5.41, 5.74) is 0.217. The van der Waals surface area contributed by atoms with Gasteiger partial charge in [-0.3, -0.25) is 0 Å².